The van der Waals surface area contributed by atoms with Gasteiger partial charge >= 0.3 is 48.1 Å². The molecule has 0 aromatic rings. The third-order valence-corrected chi connectivity index (χ3v) is 2.53. The van der Waals surface area contributed by atoms with Crippen molar-refractivity contribution in [3.63, 3.8) is 0 Å². The third-order valence-electron chi connectivity index (χ3n) is 1.20. The van der Waals surface area contributed by atoms with Gasteiger partial charge in [0.2, 0.25) is 0 Å². The molecule has 1 nitrogen and oxygen atoms in total. The molecule has 0 atom stereocenters. The molecule has 37 valence electrons. The van der Waals surface area contributed by atoms with Crippen LogP contribution in [0, 0.1) is 0 Å². The van der Waals surface area contributed by atoms with Crippen LogP contribution in [0.25, 0.3) is 0 Å². The minimum absolute atomic E-state index is 0. The predicted molar refractivity (Wildman–Crippen MR) is 30.7 cm³/mol. The van der Waals surface area contributed by atoms with Gasteiger partial charge in [0.15, 0.2) is 0 Å². The van der Waals surface area contributed by atoms with Gasteiger partial charge in [0, 0.05) is 0 Å². The fourth-order valence-corrected chi connectivity index (χ4v) is 1.72. The molecular weight excluding hydrogens is 138 g/mol. The van der Waals surface area contributed by atoms with Crippen molar-refractivity contribution >= 4 is 8.41 Å². The Kier molecular flexibility index (Phi) is 3.96. The van der Waals surface area contributed by atoms with Gasteiger partial charge in [0.25, 0.3) is 0 Å². The maximum atomic E-state index is 2.49. The summed E-state index contributed by atoms with van der Waals surface area (Å²) in [5.41, 5.74) is 0. The Morgan fingerprint density at radius 2 is 1.57 bits per heavy atom. The van der Waals surface area contributed by atoms with Gasteiger partial charge in [-0.05, 0) is 0 Å². The third kappa shape index (κ3) is 2.46. The van der Waals surface area contributed by atoms with Crippen LogP contribution in [0.3, 0.4) is 0 Å². The van der Waals surface area contributed by atoms with E-state index in [1.165, 1.54) is 44.5 Å². The molecular formula is C4H11BNZn. The van der Waals surface area contributed by atoms with E-state index in [1.54, 1.807) is 0 Å². The van der Waals surface area contributed by atoms with E-state index in [9.17, 15) is 0 Å². The first-order valence-electron chi connectivity index (χ1n) is 2.45. The number of rotatable bonds is 0. The molecule has 1 heterocycles. The van der Waals surface area contributed by atoms with E-state index in [2.05, 4.69) is 3.64 Å². The summed E-state index contributed by atoms with van der Waals surface area (Å²) in [6.45, 7) is 2.75. The Morgan fingerprint density at radius 3 is 1.71 bits per heavy atom. The summed E-state index contributed by atoms with van der Waals surface area (Å²) in [6, 6.07) is 0. The standard InChI is InChI=1S/C4H8N.BH3.Zn/c1-2-4-5-3-1;;/h1-4H2;1H3;/q-1;;+1. The summed E-state index contributed by atoms with van der Waals surface area (Å²) in [4.78, 5) is 0. The van der Waals surface area contributed by atoms with Gasteiger partial charge in [-0.2, -0.15) is 0 Å². The molecule has 0 amide bonds. The van der Waals surface area contributed by atoms with Gasteiger partial charge in [0.05, 0.1) is 8.41 Å². The molecule has 0 aromatic heterocycles. The van der Waals surface area contributed by atoms with Crippen LogP contribution >= 0.6 is 0 Å². The summed E-state index contributed by atoms with van der Waals surface area (Å²) in [5, 5.41) is 0. The molecule has 0 radical (unpaired) electrons. The Labute approximate surface area is 57.0 Å². The zero-order chi connectivity index (χ0) is 4.41. The van der Waals surface area contributed by atoms with Crippen molar-refractivity contribution in [2.45, 2.75) is 12.8 Å². The van der Waals surface area contributed by atoms with Crippen LogP contribution in [0.15, 0.2) is 0 Å². The Morgan fingerprint density at radius 1 is 1.14 bits per heavy atom. The molecule has 1 fully saturated rings. The van der Waals surface area contributed by atoms with Crippen LogP contribution in [-0.4, -0.2) is 25.1 Å². The van der Waals surface area contributed by atoms with Crippen LogP contribution in [0.4, 0.5) is 0 Å². The fraction of sp³-hybridized carbons (Fsp3) is 1.00. The van der Waals surface area contributed by atoms with Crippen LogP contribution in [-0.2, 0) is 18.5 Å². The molecule has 1 saturated heterocycles. The summed E-state index contributed by atoms with van der Waals surface area (Å²) in [6.07, 6.45) is 2.89. The van der Waals surface area contributed by atoms with E-state index in [1.807, 2.05) is 0 Å². The average molecular weight is 149 g/mol. The van der Waals surface area contributed by atoms with Crippen molar-refractivity contribution in [3.8, 4) is 0 Å². The van der Waals surface area contributed by atoms with E-state index in [4.69, 9.17) is 0 Å². The quantitative estimate of drug-likeness (QED) is 0.414. The second-order valence-corrected chi connectivity index (χ2v) is 3.70. The SMILES string of the molecule is B.[Zn][N]1CCCC1. The minimum atomic E-state index is 0. The van der Waals surface area contributed by atoms with E-state index < -0.39 is 0 Å². The van der Waals surface area contributed by atoms with Gasteiger partial charge in [-0.3, -0.25) is 0 Å². The zero-order valence-electron chi connectivity index (χ0n) is 3.98. The monoisotopic (exact) mass is 148 g/mol. The van der Waals surface area contributed by atoms with Gasteiger partial charge in [-0.15, -0.1) is 0 Å². The van der Waals surface area contributed by atoms with Crippen molar-refractivity contribution in [3.05, 3.63) is 0 Å². The van der Waals surface area contributed by atoms with Gasteiger partial charge in [-0.25, -0.2) is 0 Å². The molecule has 0 N–H and O–H groups in total. The Hall–Kier alpha value is 0.648. The molecule has 0 unspecified atom stereocenters. The van der Waals surface area contributed by atoms with E-state index in [0.29, 0.717) is 0 Å². The summed E-state index contributed by atoms with van der Waals surface area (Å²) >= 11 is 1.38. The fourth-order valence-electron chi connectivity index (χ4n) is 0.783. The molecule has 3 heteroatoms. The number of hydrogen-bond acceptors (Lipinski definition) is 1. The summed E-state index contributed by atoms with van der Waals surface area (Å²) in [5.74, 6) is 0. The van der Waals surface area contributed by atoms with Gasteiger partial charge in [-0.1, -0.05) is 0 Å². The zero-order valence-corrected chi connectivity index (χ0v) is 6.95. The number of hydrogen-bond donors (Lipinski definition) is 0. The molecule has 1 aliphatic rings. The molecule has 0 aromatic carbocycles. The Balaban J connectivity index is 0.000000360. The number of nitrogens with zero attached hydrogens (tertiary/aromatic N) is 1. The predicted octanol–water partition coefficient (Wildman–Crippen LogP) is -0.640. The molecule has 7 heavy (non-hydrogen) atoms. The first-order valence-corrected chi connectivity index (χ1v) is 3.78. The molecule has 1 rings (SSSR count). The average Bonchev–Trinajstić information content (AvgIpc) is 1.86. The van der Waals surface area contributed by atoms with E-state index >= 15 is 0 Å². The molecule has 1 aliphatic heterocycles. The van der Waals surface area contributed by atoms with Crippen LogP contribution in [0.2, 0.25) is 0 Å². The second kappa shape index (κ2) is 3.63. The van der Waals surface area contributed by atoms with Crippen molar-refractivity contribution in [1.82, 2.24) is 3.64 Å². The summed E-state index contributed by atoms with van der Waals surface area (Å²) < 4.78 is 2.49. The van der Waals surface area contributed by atoms with Crippen LogP contribution in [0.1, 0.15) is 12.8 Å². The van der Waals surface area contributed by atoms with Crippen molar-refractivity contribution in [1.29, 1.82) is 0 Å². The van der Waals surface area contributed by atoms with Gasteiger partial charge < -0.3 is 0 Å². The first-order chi connectivity index (χ1) is 2.89. The van der Waals surface area contributed by atoms with Crippen molar-refractivity contribution < 1.29 is 18.5 Å². The molecule has 0 spiro atoms. The molecule has 0 aliphatic carbocycles. The van der Waals surface area contributed by atoms with Crippen LogP contribution < -0.4 is 0 Å². The van der Waals surface area contributed by atoms with E-state index in [-0.39, 0.29) is 8.41 Å². The summed E-state index contributed by atoms with van der Waals surface area (Å²) in [7, 11) is 0. The van der Waals surface area contributed by atoms with E-state index in [0.717, 1.165) is 0 Å². The molecule has 0 saturated carbocycles. The van der Waals surface area contributed by atoms with Crippen molar-refractivity contribution in [2.24, 2.45) is 0 Å². The first kappa shape index (κ1) is 7.65. The van der Waals surface area contributed by atoms with Crippen LogP contribution in [0.5, 0.6) is 0 Å². The molecule has 0 bridgehead atoms. The normalized spacial score (nSPS) is 22.0. The van der Waals surface area contributed by atoms with Crippen molar-refractivity contribution in [2.75, 3.05) is 13.1 Å². The Bertz CT molecular complexity index is 45.0. The second-order valence-electron chi connectivity index (χ2n) is 1.83. The van der Waals surface area contributed by atoms with Gasteiger partial charge in [0.1, 0.15) is 0 Å². The topological polar surface area (TPSA) is 3.24 Å². The maximum absolute atomic E-state index is 2.49.